The molecular weight excluding hydrogens is 297 g/mol. The van der Waals surface area contributed by atoms with Gasteiger partial charge in [-0.15, -0.1) is 0 Å². The van der Waals surface area contributed by atoms with E-state index in [9.17, 15) is 17.6 Å². The lowest BCUT2D eigenvalue weighted by molar-refractivity contribution is 0.0957. The number of carbonyl (C=O) groups is 1. The maximum atomic E-state index is 13.3. The number of H-pyrrole nitrogens is 1. The second kappa shape index (κ2) is 5.82. The SMILES string of the molecule is CNS(=O)(=O)CCNC(=O)c1c(C)[nH]c2ccc(F)cc12. The Morgan fingerprint density at radius 3 is 2.76 bits per heavy atom. The van der Waals surface area contributed by atoms with Gasteiger partial charge in [-0.3, -0.25) is 4.79 Å². The molecule has 1 amide bonds. The number of hydrogen-bond donors (Lipinski definition) is 3. The summed E-state index contributed by atoms with van der Waals surface area (Å²) < 4.78 is 38.0. The van der Waals surface area contributed by atoms with Crippen LogP contribution in [0.2, 0.25) is 0 Å². The topological polar surface area (TPSA) is 91.1 Å². The summed E-state index contributed by atoms with van der Waals surface area (Å²) in [5, 5.41) is 3.00. The van der Waals surface area contributed by atoms with Crippen LogP contribution in [0.4, 0.5) is 4.39 Å². The van der Waals surface area contributed by atoms with E-state index < -0.39 is 21.7 Å². The highest BCUT2D eigenvalue weighted by Gasteiger charge is 2.17. The highest BCUT2D eigenvalue weighted by atomic mass is 32.2. The highest BCUT2D eigenvalue weighted by Crippen LogP contribution is 2.22. The zero-order chi connectivity index (χ0) is 15.6. The van der Waals surface area contributed by atoms with Gasteiger partial charge >= 0.3 is 0 Å². The minimum atomic E-state index is -3.38. The molecule has 0 saturated carbocycles. The summed E-state index contributed by atoms with van der Waals surface area (Å²) in [6, 6.07) is 4.14. The van der Waals surface area contributed by atoms with Gasteiger partial charge in [0, 0.05) is 23.1 Å². The van der Waals surface area contributed by atoms with Gasteiger partial charge in [0.2, 0.25) is 10.0 Å². The van der Waals surface area contributed by atoms with Gasteiger partial charge in [-0.25, -0.2) is 17.5 Å². The summed E-state index contributed by atoms with van der Waals surface area (Å²) in [6.07, 6.45) is 0. The molecule has 0 aliphatic rings. The van der Waals surface area contributed by atoms with Crippen molar-refractivity contribution in [1.29, 1.82) is 0 Å². The van der Waals surface area contributed by atoms with Crippen LogP contribution in [0, 0.1) is 12.7 Å². The molecule has 0 aliphatic carbocycles. The second-order valence-electron chi connectivity index (χ2n) is 4.59. The number of aryl methyl sites for hydroxylation is 1. The fraction of sp³-hybridized carbons (Fsp3) is 0.308. The molecule has 2 rings (SSSR count). The number of aromatic amines is 1. The van der Waals surface area contributed by atoms with Gasteiger partial charge in [0.15, 0.2) is 0 Å². The summed E-state index contributed by atoms with van der Waals surface area (Å²) >= 11 is 0. The third kappa shape index (κ3) is 3.40. The lowest BCUT2D eigenvalue weighted by Gasteiger charge is -2.06. The fourth-order valence-corrected chi connectivity index (χ4v) is 2.66. The second-order valence-corrected chi connectivity index (χ2v) is 6.64. The first kappa shape index (κ1) is 15.5. The number of aromatic nitrogens is 1. The number of hydrogen-bond acceptors (Lipinski definition) is 3. The normalized spacial score (nSPS) is 11.8. The summed E-state index contributed by atoms with van der Waals surface area (Å²) in [5.41, 5.74) is 1.58. The zero-order valence-electron chi connectivity index (χ0n) is 11.7. The standard InChI is InChI=1S/C13H16FN3O3S/c1-8-12(10-7-9(14)3-4-11(10)17-8)13(18)16-5-6-21(19,20)15-2/h3-4,7,15,17H,5-6H2,1-2H3,(H,16,18). The summed E-state index contributed by atoms with van der Waals surface area (Å²) in [7, 11) is -2.07. The smallest absolute Gasteiger partial charge is 0.253 e. The van der Waals surface area contributed by atoms with Crippen LogP contribution in [0.5, 0.6) is 0 Å². The molecule has 0 bridgehead atoms. The quantitative estimate of drug-likeness (QED) is 0.766. The Morgan fingerprint density at radius 2 is 2.10 bits per heavy atom. The number of fused-ring (bicyclic) bond motifs is 1. The molecule has 0 saturated heterocycles. The Morgan fingerprint density at radius 1 is 1.38 bits per heavy atom. The van der Waals surface area contributed by atoms with Crippen LogP contribution in [-0.2, 0) is 10.0 Å². The Hall–Kier alpha value is -1.93. The molecule has 114 valence electrons. The van der Waals surface area contributed by atoms with E-state index in [2.05, 4.69) is 15.0 Å². The number of nitrogens with one attached hydrogen (secondary N) is 3. The molecule has 1 heterocycles. The van der Waals surface area contributed by atoms with Gasteiger partial charge in [0.05, 0.1) is 11.3 Å². The van der Waals surface area contributed by atoms with Gasteiger partial charge in [-0.05, 0) is 32.2 Å². The number of halogens is 1. The number of rotatable bonds is 5. The van der Waals surface area contributed by atoms with E-state index in [4.69, 9.17) is 0 Å². The van der Waals surface area contributed by atoms with Crippen LogP contribution in [0.15, 0.2) is 18.2 Å². The first-order valence-corrected chi connectivity index (χ1v) is 7.96. The van der Waals surface area contributed by atoms with Gasteiger partial charge in [-0.2, -0.15) is 0 Å². The number of benzene rings is 1. The lowest BCUT2D eigenvalue weighted by atomic mass is 10.1. The Kier molecular flexibility index (Phi) is 4.29. The third-order valence-corrected chi connectivity index (χ3v) is 4.51. The Labute approximate surface area is 121 Å². The molecule has 1 aromatic heterocycles. The molecule has 0 aliphatic heterocycles. The lowest BCUT2D eigenvalue weighted by Crippen LogP contribution is -2.33. The maximum absolute atomic E-state index is 13.3. The van der Waals surface area contributed by atoms with E-state index in [1.807, 2.05) is 0 Å². The molecule has 1 aromatic carbocycles. The van der Waals surface area contributed by atoms with E-state index in [0.717, 1.165) is 0 Å². The largest absolute Gasteiger partial charge is 0.358 e. The van der Waals surface area contributed by atoms with Gasteiger partial charge < -0.3 is 10.3 Å². The molecule has 3 N–H and O–H groups in total. The molecule has 0 fully saturated rings. The predicted molar refractivity (Wildman–Crippen MR) is 78.2 cm³/mol. The summed E-state index contributed by atoms with van der Waals surface area (Å²) in [5.74, 6) is -1.09. The molecule has 0 radical (unpaired) electrons. The van der Waals surface area contributed by atoms with Crippen molar-refractivity contribution in [3.8, 4) is 0 Å². The number of amides is 1. The molecule has 6 nitrogen and oxygen atoms in total. The van der Waals surface area contributed by atoms with Crippen LogP contribution in [0.1, 0.15) is 16.1 Å². The van der Waals surface area contributed by atoms with Gasteiger partial charge in [0.25, 0.3) is 5.91 Å². The highest BCUT2D eigenvalue weighted by molar-refractivity contribution is 7.89. The Bertz CT molecular complexity index is 783. The third-order valence-electron chi connectivity index (χ3n) is 3.14. The fourth-order valence-electron chi connectivity index (χ4n) is 2.08. The zero-order valence-corrected chi connectivity index (χ0v) is 12.5. The summed E-state index contributed by atoms with van der Waals surface area (Å²) in [4.78, 5) is 15.2. The van der Waals surface area contributed by atoms with E-state index in [1.165, 1.54) is 19.2 Å². The maximum Gasteiger partial charge on any atom is 0.253 e. The van der Waals surface area contributed by atoms with Crippen molar-refractivity contribution < 1.29 is 17.6 Å². The molecule has 0 spiro atoms. The summed E-state index contributed by atoms with van der Waals surface area (Å²) in [6.45, 7) is 1.68. The first-order chi connectivity index (χ1) is 9.84. The van der Waals surface area contributed by atoms with E-state index >= 15 is 0 Å². The van der Waals surface area contributed by atoms with Crippen molar-refractivity contribution in [2.45, 2.75) is 6.92 Å². The minimum absolute atomic E-state index is 0.0244. The van der Waals surface area contributed by atoms with E-state index in [1.54, 1.807) is 13.0 Å². The molecule has 2 aromatic rings. The van der Waals surface area contributed by atoms with Crippen molar-refractivity contribution >= 4 is 26.8 Å². The van der Waals surface area contributed by atoms with Crippen molar-refractivity contribution in [3.63, 3.8) is 0 Å². The van der Waals surface area contributed by atoms with Crippen LogP contribution < -0.4 is 10.0 Å². The van der Waals surface area contributed by atoms with Crippen LogP contribution >= 0.6 is 0 Å². The van der Waals surface area contributed by atoms with Crippen LogP contribution in [0.25, 0.3) is 10.9 Å². The molecule has 21 heavy (non-hydrogen) atoms. The van der Waals surface area contributed by atoms with Crippen molar-refractivity contribution in [3.05, 3.63) is 35.3 Å². The first-order valence-electron chi connectivity index (χ1n) is 6.31. The predicted octanol–water partition coefficient (Wildman–Crippen LogP) is 0.894. The van der Waals surface area contributed by atoms with Crippen molar-refractivity contribution in [1.82, 2.24) is 15.0 Å². The Balaban J connectivity index is 2.20. The van der Waals surface area contributed by atoms with Crippen molar-refractivity contribution in [2.75, 3.05) is 19.3 Å². The molecular formula is C13H16FN3O3S. The average molecular weight is 313 g/mol. The molecule has 0 atom stereocenters. The number of carbonyl (C=O) groups excluding carboxylic acids is 1. The van der Waals surface area contributed by atoms with Crippen molar-refractivity contribution in [2.24, 2.45) is 0 Å². The van der Waals surface area contributed by atoms with Gasteiger partial charge in [-0.1, -0.05) is 0 Å². The van der Waals surface area contributed by atoms with Crippen LogP contribution in [-0.4, -0.2) is 38.7 Å². The minimum Gasteiger partial charge on any atom is -0.358 e. The van der Waals surface area contributed by atoms with Crippen LogP contribution in [0.3, 0.4) is 0 Å². The number of sulfonamides is 1. The van der Waals surface area contributed by atoms with E-state index in [-0.39, 0.29) is 12.3 Å². The molecule has 0 unspecified atom stereocenters. The van der Waals surface area contributed by atoms with E-state index in [0.29, 0.717) is 22.2 Å². The monoisotopic (exact) mass is 313 g/mol. The average Bonchev–Trinajstić information content (AvgIpc) is 2.73. The molecule has 8 heteroatoms. The van der Waals surface area contributed by atoms with Gasteiger partial charge in [0.1, 0.15) is 5.82 Å².